The fraction of sp³-hybridized carbons (Fsp3) is 0.238. The van der Waals surface area contributed by atoms with Gasteiger partial charge in [-0.2, -0.15) is 5.10 Å². The topological polar surface area (TPSA) is 106 Å². The SMILES string of the molecule is COc1cc(/C=N/NC(=O)C(N)CC2=CCc3ccccc32)cc(OC)c1O. The maximum absolute atomic E-state index is 12.3. The molecular formula is C21H23N3O4. The number of rotatable bonds is 7. The lowest BCUT2D eigenvalue weighted by molar-refractivity contribution is -0.122. The van der Waals surface area contributed by atoms with Gasteiger partial charge in [-0.25, -0.2) is 5.43 Å². The Labute approximate surface area is 163 Å². The number of nitrogens with zero attached hydrogens (tertiary/aromatic N) is 1. The third kappa shape index (κ3) is 4.15. The predicted octanol–water partition coefficient (Wildman–Crippen LogP) is 2.22. The quantitative estimate of drug-likeness (QED) is 0.504. The summed E-state index contributed by atoms with van der Waals surface area (Å²) in [7, 11) is 2.87. The van der Waals surface area contributed by atoms with Crippen LogP contribution in [0, 0.1) is 0 Å². The number of hydrazone groups is 1. The fourth-order valence-electron chi connectivity index (χ4n) is 3.12. The Morgan fingerprint density at radius 1 is 1.29 bits per heavy atom. The Hall–Kier alpha value is -3.32. The summed E-state index contributed by atoms with van der Waals surface area (Å²) in [4.78, 5) is 12.3. The smallest absolute Gasteiger partial charge is 0.257 e. The van der Waals surface area contributed by atoms with Gasteiger partial charge in [0.2, 0.25) is 5.75 Å². The van der Waals surface area contributed by atoms with Crippen LogP contribution in [0.2, 0.25) is 0 Å². The first-order valence-corrected chi connectivity index (χ1v) is 8.84. The third-order valence-electron chi connectivity index (χ3n) is 4.60. The van der Waals surface area contributed by atoms with E-state index in [4.69, 9.17) is 15.2 Å². The van der Waals surface area contributed by atoms with Crippen molar-refractivity contribution in [2.45, 2.75) is 18.9 Å². The van der Waals surface area contributed by atoms with Gasteiger partial charge in [0.05, 0.1) is 26.5 Å². The summed E-state index contributed by atoms with van der Waals surface area (Å²) >= 11 is 0. The average molecular weight is 381 g/mol. The van der Waals surface area contributed by atoms with Crippen LogP contribution in [-0.4, -0.2) is 37.5 Å². The van der Waals surface area contributed by atoms with Crippen LogP contribution in [0.3, 0.4) is 0 Å². The van der Waals surface area contributed by atoms with E-state index in [9.17, 15) is 9.90 Å². The lowest BCUT2D eigenvalue weighted by Crippen LogP contribution is -2.38. The van der Waals surface area contributed by atoms with E-state index in [-0.39, 0.29) is 23.2 Å². The van der Waals surface area contributed by atoms with E-state index in [1.54, 1.807) is 12.1 Å². The molecule has 0 saturated heterocycles. The van der Waals surface area contributed by atoms with Crippen molar-refractivity contribution in [2.24, 2.45) is 10.8 Å². The maximum atomic E-state index is 12.3. The predicted molar refractivity (Wildman–Crippen MR) is 108 cm³/mol. The number of fused-ring (bicyclic) bond motifs is 1. The highest BCUT2D eigenvalue weighted by molar-refractivity contribution is 5.87. The number of carbonyl (C=O) groups excluding carboxylic acids is 1. The van der Waals surface area contributed by atoms with Crippen LogP contribution < -0.4 is 20.6 Å². The van der Waals surface area contributed by atoms with Crippen molar-refractivity contribution in [2.75, 3.05) is 14.2 Å². The minimum Gasteiger partial charge on any atom is -0.502 e. The van der Waals surface area contributed by atoms with Gasteiger partial charge in [0, 0.05) is 5.56 Å². The zero-order valence-corrected chi connectivity index (χ0v) is 15.8. The largest absolute Gasteiger partial charge is 0.502 e. The molecule has 2 aromatic rings. The molecule has 0 aliphatic heterocycles. The highest BCUT2D eigenvalue weighted by Gasteiger charge is 2.20. The van der Waals surface area contributed by atoms with E-state index >= 15 is 0 Å². The lowest BCUT2D eigenvalue weighted by Gasteiger charge is -2.12. The van der Waals surface area contributed by atoms with Crippen molar-refractivity contribution >= 4 is 17.7 Å². The number of carbonyl (C=O) groups is 1. The van der Waals surface area contributed by atoms with Crippen molar-refractivity contribution < 1.29 is 19.4 Å². The van der Waals surface area contributed by atoms with Crippen LogP contribution in [0.15, 0.2) is 47.6 Å². The van der Waals surface area contributed by atoms with E-state index < -0.39 is 6.04 Å². The number of nitrogens with one attached hydrogen (secondary N) is 1. The molecule has 1 atom stereocenters. The summed E-state index contributed by atoms with van der Waals surface area (Å²) in [6.07, 6.45) is 4.84. The van der Waals surface area contributed by atoms with Crippen molar-refractivity contribution in [3.8, 4) is 17.2 Å². The number of nitrogens with two attached hydrogens (primary N) is 1. The second-order valence-electron chi connectivity index (χ2n) is 6.41. The summed E-state index contributed by atoms with van der Waals surface area (Å²) in [6, 6.07) is 10.6. The lowest BCUT2D eigenvalue weighted by atomic mass is 10.00. The first-order valence-electron chi connectivity index (χ1n) is 8.84. The summed E-state index contributed by atoms with van der Waals surface area (Å²) in [6.45, 7) is 0. The Morgan fingerprint density at radius 3 is 2.64 bits per heavy atom. The second-order valence-corrected chi connectivity index (χ2v) is 6.41. The standard InChI is InChI=1S/C21H23N3O4/c1-27-18-9-13(10-19(28-2)20(18)25)12-23-24-21(26)17(22)11-15-8-7-14-5-3-4-6-16(14)15/h3-6,8-10,12,17,25H,7,11,22H2,1-2H3,(H,24,26)/b23-12+. The monoisotopic (exact) mass is 381 g/mol. The highest BCUT2D eigenvalue weighted by Crippen LogP contribution is 2.36. The Balaban J connectivity index is 1.61. The molecule has 2 aromatic carbocycles. The molecule has 28 heavy (non-hydrogen) atoms. The first-order chi connectivity index (χ1) is 13.5. The number of allylic oxidation sites excluding steroid dienone is 1. The number of methoxy groups -OCH3 is 2. The summed E-state index contributed by atoms with van der Waals surface area (Å²) in [5.74, 6) is 0.0175. The molecule has 1 aliphatic rings. The van der Waals surface area contributed by atoms with Crippen LogP contribution in [0.5, 0.6) is 17.2 Å². The molecule has 0 aromatic heterocycles. The molecule has 7 heteroatoms. The van der Waals surface area contributed by atoms with Crippen LogP contribution in [-0.2, 0) is 11.2 Å². The molecule has 4 N–H and O–H groups in total. The Bertz CT molecular complexity index is 912. The number of hydrogen-bond donors (Lipinski definition) is 3. The maximum Gasteiger partial charge on any atom is 0.257 e. The minimum absolute atomic E-state index is 0.0988. The molecule has 0 fully saturated rings. The molecule has 146 valence electrons. The van der Waals surface area contributed by atoms with E-state index in [1.807, 2.05) is 18.2 Å². The second kappa shape index (κ2) is 8.58. The summed E-state index contributed by atoms with van der Waals surface area (Å²) in [5.41, 5.74) is 12.6. The van der Waals surface area contributed by atoms with Crippen LogP contribution in [0.25, 0.3) is 5.57 Å². The molecule has 3 rings (SSSR count). The molecular weight excluding hydrogens is 358 g/mol. The first kappa shape index (κ1) is 19.4. The van der Waals surface area contributed by atoms with Gasteiger partial charge in [-0.1, -0.05) is 30.3 Å². The number of aromatic hydroxyl groups is 1. The Morgan fingerprint density at radius 2 is 1.96 bits per heavy atom. The van der Waals surface area contributed by atoms with E-state index in [1.165, 1.54) is 26.0 Å². The molecule has 0 bridgehead atoms. The van der Waals surface area contributed by atoms with E-state index in [2.05, 4.69) is 22.7 Å². The van der Waals surface area contributed by atoms with Crippen LogP contribution in [0.1, 0.15) is 23.1 Å². The molecule has 0 heterocycles. The van der Waals surface area contributed by atoms with Crippen molar-refractivity contribution in [3.63, 3.8) is 0 Å². The fourth-order valence-corrected chi connectivity index (χ4v) is 3.12. The number of benzene rings is 2. The summed E-state index contributed by atoms with van der Waals surface area (Å²) in [5, 5.41) is 13.9. The summed E-state index contributed by atoms with van der Waals surface area (Å²) < 4.78 is 10.2. The molecule has 7 nitrogen and oxygen atoms in total. The number of amides is 1. The van der Waals surface area contributed by atoms with Crippen molar-refractivity contribution in [1.82, 2.24) is 5.43 Å². The number of hydrogen-bond acceptors (Lipinski definition) is 6. The van der Waals surface area contributed by atoms with Gasteiger partial charge in [-0.15, -0.1) is 0 Å². The van der Waals surface area contributed by atoms with E-state index in [0.29, 0.717) is 12.0 Å². The number of phenols is 1. The van der Waals surface area contributed by atoms with Gasteiger partial charge in [0.25, 0.3) is 5.91 Å². The average Bonchev–Trinajstić information content (AvgIpc) is 3.11. The van der Waals surface area contributed by atoms with Gasteiger partial charge in [-0.05, 0) is 41.7 Å². The molecule has 0 spiro atoms. The van der Waals surface area contributed by atoms with Crippen molar-refractivity contribution in [1.29, 1.82) is 0 Å². The van der Waals surface area contributed by atoms with Gasteiger partial charge < -0.3 is 20.3 Å². The van der Waals surface area contributed by atoms with Gasteiger partial charge in [-0.3, -0.25) is 4.79 Å². The third-order valence-corrected chi connectivity index (χ3v) is 4.60. The van der Waals surface area contributed by atoms with Crippen LogP contribution >= 0.6 is 0 Å². The van der Waals surface area contributed by atoms with Crippen molar-refractivity contribution in [3.05, 3.63) is 59.2 Å². The van der Waals surface area contributed by atoms with E-state index in [0.717, 1.165) is 17.6 Å². The molecule has 1 unspecified atom stereocenters. The Kier molecular flexibility index (Phi) is 5.96. The zero-order valence-electron chi connectivity index (χ0n) is 15.8. The highest BCUT2D eigenvalue weighted by atomic mass is 16.5. The molecule has 1 amide bonds. The number of phenolic OH excluding ortho intramolecular Hbond substituents is 1. The zero-order chi connectivity index (χ0) is 20.1. The normalized spacial score (nSPS) is 13.8. The minimum atomic E-state index is -0.710. The molecule has 1 aliphatic carbocycles. The molecule has 0 saturated carbocycles. The molecule has 0 radical (unpaired) electrons. The van der Waals surface area contributed by atoms with Gasteiger partial charge in [0.15, 0.2) is 11.5 Å². The van der Waals surface area contributed by atoms with Crippen LogP contribution in [0.4, 0.5) is 0 Å². The van der Waals surface area contributed by atoms with Gasteiger partial charge >= 0.3 is 0 Å². The van der Waals surface area contributed by atoms with Gasteiger partial charge in [0.1, 0.15) is 0 Å². The number of ether oxygens (including phenoxy) is 2.